The van der Waals surface area contributed by atoms with Gasteiger partial charge in [-0.3, -0.25) is 9.00 Å². The molecule has 2 rings (SSSR count). The molecule has 1 amide bonds. The zero-order valence-electron chi connectivity index (χ0n) is 9.69. The first-order valence-electron chi connectivity index (χ1n) is 5.48. The lowest BCUT2D eigenvalue weighted by molar-refractivity contribution is 0.100. The first-order valence-corrected chi connectivity index (χ1v) is 7.34. The maximum absolute atomic E-state index is 11.5. The van der Waals surface area contributed by atoms with E-state index in [1.165, 1.54) is 6.07 Å². The highest BCUT2D eigenvalue weighted by Gasteiger charge is 2.22. The summed E-state index contributed by atoms with van der Waals surface area (Å²) in [6.45, 7) is 1.19. The summed E-state index contributed by atoms with van der Waals surface area (Å²) in [5, 5.41) is 0.400. The van der Waals surface area contributed by atoms with Crippen LogP contribution in [0, 0.1) is 0 Å². The summed E-state index contributed by atoms with van der Waals surface area (Å²) in [7, 11) is -0.789. The van der Waals surface area contributed by atoms with Gasteiger partial charge in [0.2, 0.25) is 0 Å². The first kappa shape index (κ1) is 13.2. The van der Waals surface area contributed by atoms with Crippen molar-refractivity contribution in [3.63, 3.8) is 0 Å². The largest absolute Gasteiger partial charge is 0.399 e. The van der Waals surface area contributed by atoms with Gasteiger partial charge in [-0.25, -0.2) is 0 Å². The highest BCUT2D eigenvalue weighted by atomic mass is 35.5. The molecule has 7 heteroatoms. The zero-order chi connectivity index (χ0) is 13.3. The van der Waals surface area contributed by atoms with Crippen LogP contribution in [0.5, 0.6) is 0 Å². The van der Waals surface area contributed by atoms with Gasteiger partial charge in [-0.2, -0.15) is 0 Å². The van der Waals surface area contributed by atoms with Gasteiger partial charge in [0.15, 0.2) is 0 Å². The molecule has 0 aliphatic carbocycles. The normalized spacial score (nSPS) is 16.8. The van der Waals surface area contributed by atoms with Crippen LogP contribution in [0.1, 0.15) is 10.4 Å². The molecule has 1 aromatic carbocycles. The number of hydrogen-bond donors (Lipinski definition) is 2. The lowest BCUT2D eigenvalue weighted by Crippen LogP contribution is -2.39. The van der Waals surface area contributed by atoms with Gasteiger partial charge in [-0.1, -0.05) is 11.6 Å². The van der Waals surface area contributed by atoms with E-state index in [4.69, 9.17) is 23.1 Å². The van der Waals surface area contributed by atoms with E-state index in [1.807, 2.05) is 4.90 Å². The predicted octanol–water partition coefficient (Wildman–Crippen LogP) is 0.590. The quantitative estimate of drug-likeness (QED) is 0.779. The minimum absolute atomic E-state index is 0.313. The van der Waals surface area contributed by atoms with Gasteiger partial charge in [0.1, 0.15) is 0 Å². The van der Waals surface area contributed by atoms with Crippen LogP contribution in [0.25, 0.3) is 0 Å². The fourth-order valence-corrected chi connectivity index (χ4v) is 3.39. The molecule has 0 radical (unpaired) electrons. The number of anilines is 2. The van der Waals surface area contributed by atoms with Crippen molar-refractivity contribution in [2.75, 3.05) is 35.2 Å². The molecule has 0 unspecified atom stereocenters. The second-order valence-electron chi connectivity index (χ2n) is 4.10. The molecule has 1 aromatic rings. The van der Waals surface area contributed by atoms with Gasteiger partial charge in [-0.05, 0) is 12.1 Å². The van der Waals surface area contributed by atoms with Crippen LogP contribution in [-0.4, -0.2) is 34.7 Å². The Bertz CT molecular complexity index is 511. The van der Waals surface area contributed by atoms with E-state index < -0.39 is 16.7 Å². The molecule has 0 spiro atoms. The molecule has 1 aliphatic heterocycles. The maximum atomic E-state index is 11.5. The highest BCUT2D eigenvalue weighted by molar-refractivity contribution is 7.85. The van der Waals surface area contributed by atoms with Gasteiger partial charge in [0.25, 0.3) is 5.91 Å². The van der Waals surface area contributed by atoms with Crippen molar-refractivity contribution >= 4 is 39.7 Å². The monoisotopic (exact) mass is 287 g/mol. The third-order valence-corrected chi connectivity index (χ3v) is 4.41. The molecular formula is C11H14ClN3O2S. The second-order valence-corrected chi connectivity index (χ2v) is 6.20. The summed E-state index contributed by atoms with van der Waals surface area (Å²) >= 11 is 6.14. The van der Waals surface area contributed by atoms with Crippen LogP contribution >= 0.6 is 11.6 Å². The van der Waals surface area contributed by atoms with Crippen molar-refractivity contribution in [1.29, 1.82) is 0 Å². The van der Waals surface area contributed by atoms with Crippen LogP contribution < -0.4 is 16.4 Å². The van der Waals surface area contributed by atoms with E-state index in [1.54, 1.807) is 6.07 Å². The Kier molecular flexibility index (Phi) is 3.77. The molecule has 98 valence electrons. The number of primary amides is 1. The fourth-order valence-electron chi connectivity index (χ4n) is 1.99. The number of carbonyl (C=O) groups excluding carboxylic acids is 1. The summed E-state index contributed by atoms with van der Waals surface area (Å²) in [6, 6.07) is 3.12. The summed E-state index contributed by atoms with van der Waals surface area (Å²) in [6.07, 6.45) is 0. The van der Waals surface area contributed by atoms with Crippen LogP contribution in [0.3, 0.4) is 0 Å². The summed E-state index contributed by atoms with van der Waals surface area (Å²) < 4.78 is 11.3. The maximum Gasteiger partial charge on any atom is 0.250 e. The summed E-state index contributed by atoms with van der Waals surface area (Å²) in [5.41, 5.74) is 12.3. The number of halogens is 1. The molecule has 0 bridgehead atoms. The molecule has 1 saturated heterocycles. The van der Waals surface area contributed by atoms with Crippen molar-refractivity contribution in [1.82, 2.24) is 0 Å². The Balaban J connectivity index is 2.42. The fraction of sp³-hybridized carbons (Fsp3) is 0.364. The molecule has 0 saturated carbocycles. The number of amides is 1. The third kappa shape index (κ3) is 2.59. The number of nitrogen functional groups attached to an aromatic ring is 1. The Hall–Kier alpha value is -1.27. The van der Waals surface area contributed by atoms with E-state index in [0.29, 0.717) is 46.6 Å². The van der Waals surface area contributed by atoms with Crippen molar-refractivity contribution < 1.29 is 9.00 Å². The van der Waals surface area contributed by atoms with Crippen LogP contribution in [0.15, 0.2) is 12.1 Å². The number of nitrogens with zero attached hydrogens (tertiary/aromatic N) is 1. The van der Waals surface area contributed by atoms with Gasteiger partial charge in [0, 0.05) is 41.1 Å². The van der Waals surface area contributed by atoms with E-state index in [2.05, 4.69) is 0 Å². The van der Waals surface area contributed by atoms with Crippen molar-refractivity contribution in [3.8, 4) is 0 Å². The SMILES string of the molecule is NC(=O)c1cc(N)cc(Cl)c1N1CCS(=O)CC1. The molecule has 0 aromatic heterocycles. The lowest BCUT2D eigenvalue weighted by Gasteiger charge is -2.30. The molecule has 0 atom stereocenters. The van der Waals surface area contributed by atoms with Gasteiger partial charge >= 0.3 is 0 Å². The minimum atomic E-state index is -0.789. The molecular weight excluding hydrogens is 274 g/mol. The predicted molar refractivity (Wildman–Crippen MR) is 74.5 cm³/mol. The van der Waals surface area contributed by atoms with E-state index in [9.17, 15) is 9.00 Å². The molecule has 1 aliphatic rings. The van der Waals surface area contributed by atoms with E-state index in [-0.39, 0.29) is 0 Å². The van der Waals surface area contributed by atoms with Crippen LogP contribution in [-0.2, 0) is 10.8 Å². The number of carbonyl (C=O) groups is 1. The second kappa shape index (κ2) is 5.16. The number of benzene rings is 1. The molecule has 1 heterocycles. The first-order chi connectivity index (χ1) is 8.49. The van der Waals surface area contributed by atoms with Crippen molar-refractivity contribution in [3.05, 3.63) is 22.7 Å². The Morgan fingerprint density at radius 1 is 1.33 bits per heavy atom. The Morgan fingerprint density at radius 3 is 2.50 bits per heavy atom. The average molecular weight is 288 g/mol. The molecule has 1 fully saturated rings. The molecule has 18 heavy (non-hydrogen) atoms. The molecule has 5 nitrogen and oxygen atoms in total. The Labute approximate surface area is 113 Å². The highest BCUT2D eigenvalue weighted by Crippen LogP contribution is 2.33. The topological polar surface area (TPSA) is 89.4 Å². The number of nitrogens with two attached hydrogens (primary N) is 2. The van der Waals surface area contributed by atoms with Crippen LogP contribution in [0.4, 0.5) is 11.4 Å². The van der Waals surface area contributed by atoms with Gasteiger partial charge in [-0.15, -0.1) is 0 Å². The minimum Gasteiger partial charge on any atom is -0.399 e. The zero-order valence-corrected chi connectivity index (χ0v) is 11.3. The lowest BCUT2D eigenvalue weighted by atomic mass is 10.1. The summed E-state index contributed by atoms with van der Waals surface area (Å²) in [5.74, 6) is 0.573. The van der Waals surface area contributed by atoms with Crippen molar-refractivity contribution in [2.24, 2.45) is 5.73 Å². The van der Waals surface area contributed by atoms with Gasteiger partial charge in [0.05, 0.1) is 16.3 Å². The van der Waals surface area contributed by atoms with Gasteiger partial charge < -0.3 is 16.4 Å². The number of rotatable bonds is 2. The van der Waals surface area contributed by atoms with Crippen molar-refractivity contribution in [2.45, 2.75) is 0 Å². The smallest absolute Gasteiger partial charge is 0.250 e. The average Bonchev–Trinajstić information content (AvgIpc) is 2.29. The van der Waals surface area contributed by atoms with Crippen LogP contribution in [0.2, 0.25) is 5.02 Å². The summed E-state index contributed by atoms with van der Waals surface area (Å²) in [4.78, 5) is 13.4. The third-order valence-electron chi connectivity index (χ3n) is 2.85. The van der Waals surface area contributed by atoms with E-state index in [0.717, 1.165) is 0 Å². The number of hydrogen-bond acceptors (Lipinski definition) is 4. The van der Waals surface area contributed by atoms with E-state index >= 15 is 0 Å². The standard InChI is InChI=1S/C11H14ClN3O2S/c12-9-6-7(13)5-8(11(14)16)10(9)15-1-3-18(17)4-2-15/h5-6H,1-4,13H2,(H2,14,16). The Morgan fingerprint density at radius 2 is 1.94 bits per heavy atom. The molecule has 4 N–H and O–H groups in total.